The Morgan fingerprint density at radius 2 is 1.47 bits per heavy atom. The molecule has 8 nitrogen and oxygen atoms in total. The summed E-state index contributed by atoms with van der Waals surface area (Å²) in [5.41, 5.74) is 1.74. The van der Waals surface area contributed by atoms with Gasteiger partial charge in [0.25, 0.3) is 0 Å². The second-order valence-corrected chi connectivity index (χ2v) is 10.7. The summed E-state index contributed by atoms with van der Waals surface area (Å²) in [5, 5.41) is 7.80. The Labute approximate surface area is 178 Å². The smallest absolute Gasteiger partial charge is 0.241 e. The van der Waals surface area contributed by atoms with Gasteiger partial charge in [-0.1, -0.05) is 43.7 Å². The van der Waals surface area contributed by atoms with Gasteiger partial charge in [-0.2, -0.15) is 4.72 Å². The Kier molecular flexibility index (Phi) is 7.75. The van der Waals surface area contributed by atoms with Crippen LogP contribution in [-0.4, -0.2) is 35.3 Å². The van der Waals surface area contributed by atoms with Crippen LogP contribution in [0, 0.1) is 12.8 Å². The maximum absolute atomic E-state index is 12.6. The van der Waals surface area contributed by atoms with Crippen LogP contribution in [0.25, 0.3) is 0 Å². The molecule has 2 rings (SSSR count). The van der Waals surface area contributed by atoms with Crippen molar-refractivity contribution in [3.63, 3.8) is 0 Å². The summed E-state index contributed by atoms with van der Waals surface area (Å²) in [5.74, 6) is -0.693. The largest absolute Gasteiger partial charge is 0.354 e. The first-order chi connectivity index (χ1) is 13.9. The van der Waals surface area contributed by atoms with Gasteiger partial charge in [0, 0.05) is 6.54 Å². The van der Waals surface area contributed by atoms with Gasteiger partial charge in [-0.05, 0) is 49.1 Å². The molecule has 0 spiro atoms. The molecule has 4 N–H and O–H groups in total. The van der Waals surface area contributed by atoms with Crippen LogP contribution in [0.1, 0.15) is 25.0 Å². The van der Waals surface area contributed by atoms with Crippen molar-refractivity contribution in [2.75, 3.05) is 6.54 Å². The van der Waals surface area contributed by atoms with E-state index in [1.54, 1.807) is 38.1 Å². The molecule has 0 aliphatic carbocycles. The SMILES string of the molecule is Cc1ccc(S(=O)(=O)N[C@H](C(=O)NCCc2ccc(S(N)(=O)=O)cc2)C(C)C)cc1. The maximum Gasteiger partial charge on any atom is 0.241 e. The van der Waals surface area contributed by atoms with E-state index in [1.165, 1.54) is 24.3 Å². The first-order valence-corrected chi connectivity index (χ1v) is 12.4. The zero-order valence-electron chi connectivity index (χ0n) is 17.1. The number of carbonyl (C=O) groups excluding carboxylic acids is 1. The number of amides is 1. The summed E-state index contributed by atoms with van der Waals surface area (Å²) in [6.07, 6.45) is 0.451. The predicted octanol–water partition coefficient (Wildman–Crippen LogP) is 1.30. The fourth-order valence-corrected chi connectivity index (χ4v) is 4.59. The summed E-state index contributed by atoms with van der Waals surface area (Å²) in [6, 6.07) is 11.5. The van der Waals surface area contributed by atoms with Crippen LogP contribution in [0.5, 0.6) is 0 Å². The van der Waals surface area contributed by atoms with Gasteiger partial charge in [0.1, 0.15) is 6.04 Å². The topological polar surface area (TPSA) is 135 Å². The van der Waals surface area contributed by atoms with Crippen LogP contribution in [0.3, 0.4) is 0 Å². The highest BCUT2D eigenvalue weighted by Crippen LogP contribution is 2.13. The molecule has 0 aliphatic rings. The van der Waals surface area contributed by atoms with Crippen LogP contribution in [0.15, 0.2) is 58.3 Å². The van der Waals surface area contributed by atoms with E-state index in [-0.39, 0.29) is 22.3 Å². The molecule has 2 aromatic carbocycles. The maximum atomic E-state index is 12.6. The molecule has 0 radical (unpaired) electrons. The lowest BCUT2D eigenvalue weighted by Crippen LogP contribution is -2.49. The zero-order chi connectivity index (χ0) is 22.5. The fraction of sp³-hybridized carbons (Fsp3) is 0.350. The quantitative estimate of drug-likeness (QED) is 0.526. The number of hydrogen-bond acceptors (Lipinski definition) is 5. The van der Waals surface area contributed by atoms with E-state index in [9.17, 15) is 21.6 Å². The second kappa shape index (κ2) is 9.69. The monoisotopic (exact) mass is 453 g/mol. The highest BCUT2D eigenvalue weighted by molar-refractivity contribution is 7.89. The highest BCUT2D eigenvalue weighted by atomic mass is 32.2. The number of nitrogens with one attached hydrogen (secondary N) is 2. The minimum atomic E-state index is -3.84. The summed E-state index contributed by atoms with van der Waals surface area (Å²) in [7, 11) is -7.59. The summed E-state index contributed by atoms with van der Waals surface area (Å²) in [6.45, 7) is 5.64. The second-order valence-electron chi connectivity index (χ2n) is 7.39. The molecule has 0 saturated heterocycles. The number of rotatable bonds is 9. The van der Waals surface area contributed by atoms with Crippen molar-refractivity contribution in [2.24, 2.45) is 11.1 Å². The van der Waals surface area contributed by atoms with Crippen molar-refractivity contribution in [3.05, 3.63) is 59.7 Å². The first-order valence-electron chi connectivity index (χ1n) is 9.38. The van der Waals surface area contributed by atoms with Gasteiger partial charge >= 0.3 is 0 Å². The third kappa shape index (κ3) is 6.63. The minimum absolute atomic E-state index is 0.0145. The van der Waals surface area contributed by atoms with Crippen molar-refractivity contribution in [1.29, 1.82) is 0 Å². The number of primary sulfonamides is 1. The van der Waals surface area contributed by atoms with E-state index in [2.05, 4.69) is 10.0 Å². The van der Waals surface area contributed by atoms with Gasteiger partial charge in [0.05, 0.1) is 9.79 Å². The Balaban J connectivity index is 1.99. The molecule has 0 heterocycles. The molecule has 0 aliphatic heterocycles. The number of carbonyl (C=O) groups is 1. The lowest BCUT2D eigenvalue weighted by Gasteiger charge is -2.21. The Morgan fingerprint density at radius 3 is 1.97 bits per heavy atom. The molecule has 2 aromatic rings. The van der Waals surface area contributed by atoms with E-state index in [4.69, 9.17) is 5.14 Å². The summed E-state index contributed by atoms with van der Waals surface area (Å²) in [4.78, 5) is 12.7. The standard InChI is InChI=1S/C20H27N3O5S2/c1-14(2)19(23-30(27,28)18-8-4-15(3)5-9-18)20(24)22-13-12-16-6-10-17(11-7-16)29(21,25)26/h4-11,14,19,23H,12-13H2,1-3H3,(H,22,24)(H2,21,25,26)/t19-/m0/s1. The van der Waals surface area contributed by atoms with Gasteiger partial charge in [-0.3, -0.25) is 4.79 Å². The zero-order valence-corrected chi connectivity index (χ0v) is 18.8. The van der Waals surface area contributed by atoms with Crippen molar-refractivity contribution in [1.82, 2.24) is 10.0 Å². The third-order valence-electron chi connectivity index (χ3n) is 4.53. The van der Waals surface area contributed by atoms with Gasteiger partial charge < -0.3 is 5.32 Å². The number of sulfonamides is 2. The van der Waals surface area contributed by atoms with Gasteiger partial charge in [0.2, 0.25) is 26.0 Å². The molecule has 10 heteroatoms. The van der Waals surface area contributed by atoms with Crippen LogP contribution in [0.4, 0.5) is 0 Å². The van der Waals surface area contributed by atoms with Crippen LogP contribution < -0.4 is 15.2 Å². The number of aryl methyl sites for hydroxylation is 1. The lowest BCUT2D eigenvalue weighted by atomic mass is 10.0. The number of nitrogens with two attached hydrogens (primary N) is 1. The molecular formula is C20H27N3O5S2. The Hall–Kier alpha value is -2.27. The van der Waals surface area contributed by atoms with Crippen LogP contribution in [0.2, 0.25) is 0 Å². The van der Waals surface area contributed by atoms with E-state index >= 15 is 0 Å². The lowest BCUT2D eigenvalue weighted by molar-refractivity contribution is -0.123. The van der Waals surface area contributed by atoms with E-state index < -0.39 is 32.0 Å². The predicted molar refractivity (Wildman–Crippen MR) is 115 cm³/mol. The molecule has 0 aromatic heterocycles. The highest BCUT2D eigenvalue weighted by Gasteiger charge is 2.28. The molecule has 0 bridgehead atoms. The van der Waals surface area contributed by atoms with Crippen LogP contribution >= 0.6 is 0 Å². The van der Waals surface area contributed by atoms with E-state index in [0.29, 0.717) is 6.42 Å². The molecular weight excluding hydrogens is 426 g/mol. The molecule has 164 valence electrons. The van der Waals surface area contributed by atoms with E-state index in [1.807, 2.05) is 6.92 Å². The van der Waals surface area contributed by atoms with Gasteiger partial charge in [-0.25, -0.2) is 22.0 Å². The molecule has 1 amide bonds. The summed E-state index contributed by atoms with van der Waals surface area (Å²) < 4.78 is 50.3. The Bertz CT molecular complexity index is 1080. The minimum Gasteiger partial charge on any atom is -0.354 e. The normalized spacial score (nSPS) is 13.2. The molecule has 0 unspecified atom stereocenters. The molecule has 1 atom stereocenters. The molecule has 0 fully saturated rings. The van der Waals surface area contributed by atoms with Crippen molar-refractivity contribution < 1.29 is 21.6 Å². The molecule has 30 heavy (non-hydrogen) atoms. The Morgan fingerprint density at radius 1 is 0.933 bits per heavy atom. The van der Waals surface area contributed by atoms with Crippen molar-refractivity contribution in [2.45, 2.75) is 43.0 Å². The van der Waals surface area contributed by atoms with Gasteiger partial charge in [-0.15, -0.1) is 0 Å². The average molecular weight is 454 g/mol. The number of benzene rings is 2. The van der Waals surface area contributed by atoms with Crippen molar-refractivity contribution in [3.8, 4) is 0 Å². The molecule has 0 saturated carbocycles. The van der Waals surface area contributed by atoms with E-state index in [0.717, 1.165) is 11.1 Å². The third-order valence-corrected chi connectivity index (χ3v) is 6.91. The first kappa shape index (κ1) is 24.0. The fourth-order valence-electron chi connectivity index (χ4n) is 2.73. The summed E-state index contributed by atoms with van der Waals surface area (Å²) >= 11 is 0. The van der Waals surface area contributed by atoms with Crippen LogP contribution in [-0.2, 0) is 31.3 Å². The van der Waals surface area contributed by atoms with Crippen molar-refractivity contribution >= 4 is 26.0 Å². The number of hydrogen-bond donors (Lipinski definition) is 3. The van der Waals surface area contributed by atoms with Gasteiger partial charge in [0.15, 0.2) is 0 Å². The average Bonchev–Trinajstić information content (AvgIpc) is 2.66.